The predicted molar refractivity (Wildman–Crippen MR) is 115 cm³/mol. The first-order valence-corrected chi connectivity index (χ1v) is 9.94. The Morgan fingerprint density at radius 1 is 1.19 bits per heavy atom. The topological polar surface area (TPSA) is 123 Å². The van der Waals surface area contributed by atoms with Crippen molar-refractivity contribution in [2.75, 3.05) is 0 Å². The van der Waals surface area contributed by atoms with E-state index in [4.69, 9.17) is 4.52 Å². The third-order valence-corrected chi connectivity index (χ3v) is 4.88. The van der Waals surface area contributed by atoms with Gasteiger partial charge in [-0.1, -0.05) is 30.3 Å². The minimum Gasteiger partial charge on any atom is -0.341 e. The van der Waals surface area contributed by atoms with Crippen molar-refractivity contribution in [2.45, 2.75) is 32.9 Å². The van der Waals surface area contributed by atoms with Crippen molar-refractivity contribution in [3.05, 3.63) is 80.7 Å². The SMILES string of the molecule is CCCn1c(=O)c(=O)[nH]c2cc(-c3noc([C@@H](C)NC(=O)c4ccccc4)n3)ccc21. The molecule has 0 aliphatic heterocycles. The number of hydrogen-bond acceptors (Lipinski definition) is 6. The van der Waals surface area contributed by atoms with E-state index in [0.717, 1.165) is 6.42 Å². The summed E-state index contributed by atoms with van der Waals surface area (Å²) in [5, 5.41) is 6.82. The number of amides is 1. The summed E-state index contributed by atoms with van der Waals surface area (Å²) in [6, 6.07) is 13.5. The lowest BCUT2D eigenvalue weighted by atomic mass is 10.1. The molecule has 4 aromatic rings. The number of H-pyrrole nitrogens is 1. The van der Waals surface area contributed by atoms with E-state index >= 15 is 0 Å². The van der Waals surface area contributed by atoms with Crippen LogP contribution in [-0.2, 0) is 6.54 Å². The summed E-state index contributed by atoms with van der Waals surface area (Å²) in [5.41, 5.74) is 1.03. The number of aryl methyl sites for hydroxylation is 1. The molecule has 9 heteroatoms. The monoisotopic (exact) mass is 419 g/mol. The molecular weight excluding hydrogens is 398 g/mol. The van der Waals surface area contributed by atoms with Crippen LogP contribution in [0.1, 0.15) is 42.6 Å². The van der Waals surface area contributed by atoms with Crippen molar-refractivity contribution >= 4 is 16.9 Å². The van der Waals surface area contributed by atoms with Gasteiger partial charge in [-0.15, -0.1) is 0 Å². The van der Waals surface area contributed by atoms with Crippen molar-refractivity contribution in [3.8, 4) is 11.4 Å². The summed E-state index contributed by atoms with van der Waals surface area (Å²) in [6.45, 7) is 4.13. The zero-order valence-electron chi connectivity index (χ0n) is 17.1. The van der Waals surface area contributed by atoms with Crippen molar-refractivity contribution in [2.24, 2.45) is 0 Å². The van der Waals surface area contributed by atoms with E-state index in [1.807, 2.05) is 13.0 Å². The molecule has 2 heterocycles. The molecule has 0 radical (unpaired) electrons. The first-order chi connectivity index (χ1) is 15.0. The zero-order valence-corrected chi connectivity index (χ0v) is 17.1. The van der Waals surface area contributed by atoms with Gasteiger partial charge in [0.15, 0.2) is 0 Å². The van der Waals surface area contributed by atoms with Crippen LogP contribution < -0.4 is 16.4 Å². The van der Waals surface area contributed by atoms with Crippen LogP contribution in [0.15, 0.2) is 62.6 Å². The fourth-order valence-electron chi connectivity index (χ4n) is 3.32. The normalized spacial score (nSPS) is 12.1. The fraction of sp³-hybridized carbons (Fsp3) is 0.227. The molecule has 1 amide bonds. The van der Waals surface area contributed by atoms with Crippen LogP contribution in [0.2, 0.25) is 0 Å². The van der Waals surface area contributed by atoms with Crippen LogP contribution in [0.5, 0.6) is 0 Å². The smallest absolute Gasteiger partial charge is 0.316 e. The maximum absolute atomic E-state index is 12.3. The summed E-state index contributed by atoms with van der Waals surface area (Å²) in [7, 11) is 0. The maximum Gasteiger partial charge on any atom is 0.316 e. The molecule has 0 bridgehead atoms. The Kier molecular flexibility index (Phi) is 5.48. The Balaban J connectivity index is 1.61. The van der Waals surface area contributed by atoms with Crippen molar-refractivity contribution in [1.82, 2.24) is 25.0 Å². The summed E-state index contributed by atoms with van der Waals surface area (Å²) in [5.74, 6) is 0.320. The van der Waals surface area contributed by atoms with Gasteiger partial charge in [-0.05, 0) is 43.7 Å². The minimum absolute atomic E-state index is 0.245. The highest BCUT2D eigenvalue weighted by atomic mass is 16.5. The lowest BCUT2D eigenvalue weighted by Crippen LogP contribution is -2.36. The number of aromatic nitrogens is 4. The summed E-state index contributed by atoms with van der Waals surface area (Å²) < 4.78 is 6.79. The van der Waals surface area contributed by atoms with Crippen molar-refractivity contribution < 1.29 is 9.32 Å². The summed E-state index contributed by atoms with van der Waals surface area (Å²) in [6.07, 6.45) is 0.723. The number of carbonyl (C=O) groups is 1. The number of fused-ring (bicyclic) bond motifs is 1. The maximum atomic E-state index is 12.3. The lowest BCUT2D eigenvalue weighted by Gasteiger charge is -2.09. The second kappa shape index (κ2) is 8.39. The van der Waals surface area contributed by atoms with Crippen LogP contribution in [0.3, 0.4) is 0 Å². The van der Waals surface area contributed by atoms with Gasteiger partial charge >= 0.3 is 11.1 Å². The summed E-state index contributed by atoms with van der Waals surface area (Å²) >= 11 is 0. The molecule has 9 nitrogen and oxygen atoms in total. The van der Waals surface area contributed by atoms with Crippen LogP contribution in [-0.4, -0.2) is 25.6 Å². The minimum atomic E-state index is -0.677. The van der Waals surface area contributed by atoms with Gasteiger partial charge in [0.05, 0.1) is 11.0 Å². The van der Waals surface area contributed by atoms with E-state index in [9.17, 15) is 14.4 Å². The Hall–Kier alpha value is -4.01. The molecule has 0 saturated carbocycles. The van der Waals surface area contributed by atoms with E-state index in [-0.39, 0.29) is 11.8 Å². The van der Waals surface area contributed by atoms with Gasteiger partial charge in [0, 0.05) is 17.7 Å². The largest absolute Gasteiger partial charge is 0.341 e. The summed E-state index contributed by atoms with van der Waals surface area (Å²) in [4.78, 5) is 43.5. The van der Waals surface area contributed by atoms with Gasteiger partial charge in [0.25, 0.3) is 5.91 Å². The second-order valence-electron chi connectivity index (χ2n) is 7.16. The van der Waals surface area contributed by atoms with Crippen LogP contribution in [0.25, 0.3) is 22.4 Å². The molecule has 0 unspecified atom stereocenters. The molecular formula is C22H21N5O4. The lowest BCUT2D eigenvalue weighted by molar-refractivity contribution is 0.0932. The van der Waals surface area contributed by atoms with Crippen LogP contribution in [0.4, 0.5) is 0 Å². The van der Waals surface area contributed by atoms with E-state index < -0.39 is 17.2 Å². The molecule has 0 saturated heterocycles. The Labute approximate surface area is 176 Å². The average molecular weight is 419 g/mol. The second-order valence-corrected chi connectivity index (χ2v) is 7.16. The number of nitrogens with zero attached hydrogens (tertiary/aromatic N) is 3. The Morgan fingerprint density at radius 2 is 1.97 bits per heavy atom. The first kappa shape index (κ1) is 20.3. The highest BCUT2D eigenvalue weighted by Crippen LogP contribution is 2.22. The van der Waals surface area contributed by atoms with Gasteiger partial charge in [-0.3, -0.25) is 14.4 Å². The third-order valence-electron chi connectivity index (χ3n) is 4.88. The standard InChI is InChI=1S/C22H21N5O4/c1-3-11-27-17-10-9-15(12-16(17)24-20(29)22(27)30)18-25-21(31-26-18)13(2)23-19(28)14-7-5-4-6-8-14/h4-10,12-13H,3,11H2,1-2H3,(H,23,28)(H,24,29)/t13-/m1/s1. The molecule has 1 atom stereocenters. The zero-order chi connectivity index (χ0) is 22.0. The highest BCUT2D eigenvalue weighted by Gasteiger charge is 2.18. The first-order valence-electron chi connectivity index (χ1n) is 9.94. The number of carbonyl (C=O) groups excluding carboxylic acids is 1. The molecule has 0 aliphatic rings. The number of rotatable bonds is 6. The number of nitrogens with one attached hydrogen (secondary N) is 2. The van der Waals surface area contributed by atoms with Crippen molar-refractivity contribution in [3.63, 3.8) is 0 Å². The average Bonchev–Trinajstić information content (AvgIpc) is 3.27. The van der Waals surface area contributed by atoms with Gasteiger partial charge in [-0.2, -0.15) is 4.98 Å². The Bertz CT molecular complexity index is 1350. The molecule has 158 valence electrons. The molecule has 4 rings (SSSR count). The third kappa shape index (κ3) is 4.02. The number of hydrogen-bond donors (Lipinski definition) is 2. The molecule has 0 fully saturated rings. The van der Waals surface area contributed by atoms with E-state index in [1.165, 1.54) is 4.57 Å². The molecule has 2 N–H and O–H groups in total. The molecule has 0 spiro atoms. The predicted octanol–water partition coefficient (Wildman–Crippen LogP) is 2.64. The van der Waals surface area contributed by atoms with Gasteiger partial charge in [0.2, 0.25) is 11.7 Å². The molecule has 31 heavy (non-hydrogen) atoms. The van der Waals surface area contributed by atoms with E-state index in [2.05, 4.69) is 20.4 Å². The number of benzene rings is 2. The van der Waals surface area contributed by atoms with Crippen LogP contribution in [0, 0.1) is 0 Å². The quantitative estimate of drug-likeness (QED) is 0.463. The van der Waals surface area contributed by atoms with Gasteiger partial charge in [0.1, 0.15) is 6.04 Å². The Morgan fingerprint density at radius 3 is 2.71 bits per heavy atom. The fourth-order valence-corrected chi connectivity index (χ4v) is 3.32. The van der Waals surface area contributed by atoms with Crippen LogP contribution >= 0.6 is 0 Å². The van der Waals surface area contributed by atoms with E-state index in [0.29, 0.717) is 34.5 Å². The van der Waals surface area contributed by atoms with E-state index in [1.54, 1.807) is 49.4 Å². The number of aromatic amines is 1. The molecule has 0 aliphatic carbocycles. The molecule has 2 aromatic carbocycles. The highest BCUT2D eigenvalue weighted by molar-refractivity contribution is 5.94. The van der Waals surface area contributed by atoms with Crippen molar-refractivity contribution in [1.29, 1.82) is 0 Å². The van der Waals surface area contributed by atoms with Gasteiger partial charge in [-0.25, -0.2) is 0 Å². The molecule has 2 aromatic heterocycles. The van der Waals surface area contributed by atoms with Gasteiger partial charge < -0.3 is 19.4 Å².